The summed E-state index contributed by atoms with van der Waals surface area (Å²) in [7, 11) is 0. The first-order valence-electron chi connectivity index (χ1n) is 5.21. The molecule has 0 saturated heterocycles. The highest BCUT2D eigenvalue weighted by atomic mass is 14.5. The van der Waals surface area contributed by atoms with Crippen molar-refractivity contribution in [2.75, 3.05) is 0 Å². The summed E-state index contributed by atoms with van der Waals surface area (Å²) in [5, 5.41) is 0. The minimum absolute atomic E-state index is 0.806. The molecule has 0 spiro atoms. The van der Waals surface area contributed by atoms with E-state index in [1.165, 1.54) is 38.5 Å². The third-order valence-corrected chi connectivity index (χ3v) is 4.04. The van der Waals surface area contributed by atoms with E-state index in [1.54, 1.807) is 0 Å². The van der Waals surface area contributed by atoms with E-state index in [0.29, 0.717) is 0 Å². The molecule has 2 fully saturated rings. The zero-order chi connectivity index (χ0) is 7.90. The maximum Gasteiger partial charge on any atom is -0.0297 e. The second kappa shape index (κ2) is 2.50. The normalized spacial score (nSPS) is 42.0. The van der Waals surface area contributed by atoms with Gasteiger partial charge in [0, 0.05) is 0 Å². The molecule has 2 rings (SSSR count). The van der Waals surface area contributed by atoms with Crippen LogP contribution in [0.25, 0.3) is 0 Å². The van der Waals surface area contributed by atoms with Gasteiger partial charge in [0.15, 0.2) is 0 Å². The van der Waals surface area contributed by atoms with Crippen molar-refractivity contribution in [3.63, 3.8) is 0 Å². The number of hydrogen-bond donors (Lipinski definition) is 0. The van der Waals surface area contributed by atoms with Crippen LogP contribution in [0.15, 0.2) is 0 Å². The van der Waals surface area contributed by atoms with Crippen LogP contribution < -0.4 is 0 Å². The molecular formula is C11H20. The lowest BCUT2D eigenvalue weighted by Gasteiger charge is -2.30. The highest BCUT2D eigenvalue weighted by molar-refractivity contribution is 4.95. The van der Waals surface area contributed by atoms with Gasteiger partial charge in [0.2, 0.25) is 0 Å². The Labute approximate surface area is 70.4 Å². The van der Waals surface area contributed by atoms with Crippen molar-refractivity contribution in [2.24, 2.45) is 17.3 Å². The van der Waals surface area contributed by atoms with E-state index < -0.39 is 0 Å². The smallest absolute Gasteiger partial charge is 0.0297 e. The van der Waals surface area contributed by atoms with Gasteiger partial charge in [-0.15, -0.1) is 0 Å². The Kier molecular flexibility index (Phi) is 1.74. The van der Waals surface area contributed by atoms with Crippen molar-refractivity contribution in [1.29, 1.82) is 0 Å². The van der Waals surface area contributed by atoms with Crippen LogP contribution in [0, 0.1) is 17.3 Å². The van der Waals surface area contributed by atoms with Crippen LogP contribution in [-0.4, -0.2) is 0 Å². The second-order valence-electron chi connectivity index (χ2n) is 5.11. The minimum Gasteiger partial charge on any atom is -0.0625 e. The van der Waals surface area contributed by atoms with Crippen LogP contribution in [0.2, 0.25) is 0 Å². The first-order chi connectivity index (χ1) is 5.21. The van der Waals surface area contributed by atoms with Gasteiger partial charge in [0.25, 0.3) is 0 Å². The second-order valence-corrected chi connectivity index (χ2v) is 5.11. The fourth-order valence-corrected chi connectivity index (χ4v) is 2.56. The molecule has 0 N–H and O–H groups in total. The molecule has 0 heterocycles. The maximum absolute atomic E-state index is 2.49. The summed E-state index contributed by atoms with van der Waals surface area (Å²) < 4.78 is 0. The standard InChI is InChI=1S/C11H20/c1-9-3-5-10(6-4-9)11(2)7-8-11/h9-10H,3-8H2,1-2H3. The molecule has 2 aliphatic rings. The van der Waals surface area contributed by atoms with Crippen LogP contribution in [0.1, 0.15) is 52.4 Å². The van der Waals surface area contributed by atoms with Crippen LogP contribution >= 0.6 is 0 Å². The third-order valence-electron chi connectivity index (χ3n) is 4.04. The predicted octanol–water partition coefficient (Wildman–Crippen LogP) is 3.61. The van der Waals surface area contributed by atoms with E-state index in [-0.39, 0.29) is 0 Å². The summed E-state index contributed by atoms with van der Waals surface area (Å²) in [5.74, 6) is 2.12. The summed E-state index contributed by atoms with van der Waals surface area (Å²) in [6.45, 7) is 4.90. The Hall–Kier alpha value is 0. The van der Waals surface area contributed by atoms with E-state index in [9.17, 15) is 0 Å². The van der Waals surface area contributed by atoms with Crippen LogP contribution in [0.4, 0.5) is 0 Å². The third kappa shape index (κ3) is 1.45. The molecule has 0 aliphatic heterocycles. The molecule has 2 saturated carbocycles. The molecular weight excluding hydrogens is 132 g/mol. The highest BCUT2D eigenvalue weighted by Crippen LogP contribution is 2.56. The Bertz CT molecular complexity index is 136. The average Bonchev–Trinajstić information content (AvgIpc) is 2.70. The molecule has 11 heavy (non-hydrogen) atoms. The van der Waals surface area contributed by atoms with E-state index >= 15 is 0 Å². The molecule has 0 aromatic heterocycles. The van der Waals surface area contributed by atoms with Gasteiger partial charge in [-0.2, -0.15) is 0 Å². The number of rotatable bonds is 1. The fourth-order valence-electron chi connectivity index (χ4n) is 2.56. The Morgan fingerprint density at radius 1 is 1.00 bits per heavy atom. The average molecular weight is 152 g/mol. The molecule has 64 valence electrons. The summed E-state index contributed by atoms with van der Waals surface area (Å²) in [6, 6.07) is 0. The van der Waals surface area contributed by atoms with Crippen LogP contribution in [0.5, 0.6) is 0 Å². The highest BCUT2D eigenvalue weighted by Gasteiger charge is 2.44. The van der Waals surface area contributed by atoms with Crippen LogP contribution in [0.3, 0.4) is 0 Å². The topological polar surface area (TPSA) is 0 Å². The lowest BCUT2D eigenvalue weighted by Crippen LogP contribution is -2.19. The van der Waals surface area contributed by atoms with Gasteiger partial charge < -0.3 is 0 Å². The molecule has 0 heteroatoms. The van der Waals surface area contributed by atoms with Crippen molar-refractivity contribution in [1.82, 2.24) is 0 Å². The van der Waals surface area contributed by atoms with E-state index in [4.69, 9.17) is 0 Å². The molecule has 0 bridgehead atoms. The Morgan fingerprint density at radius 2 is 1.55 bits per heavy atom. The quantitative estimate of drug-likeness (QED) is 0.538. The van der Waals surface area contributed by atoms with Gasteiger partial charge >= 0.3 is 0 Å². The molecule has 0 amide bonds. The lowest BCUT2D eigenvalue weighted by atomic mass is 9.75. The monoisotopic (exact) mass is 152 g/mol. The minimum atomic E-state index is 0.806. The first-order valence-corrected chi connectivity index (χ1v) is 5.21. The maximum atomic E-state index is 2.49. The molecule has 2 aliphatic carbocycles. The van der Waals surface area contributed by atoms with Gasteiger partial charge in [0.05, 0.1) is 0 Å². The fraction of sp³-hybridized carbons (Fsp3) is 1.00. The van der Waals surface area contributed by atoms with Gasteiger partial charge in [-0.1, -0.05) is 26.7 Å². The van der Waals surface area contributed by atoms with Gasteiger partial charge in [-0.25, -0.2) is 0 Å². The molecule has 0 aromatic rings. The molecule has 0 nitrogen and oxygen atoms in total. The summed E-state index contributed by atoms with van der Waals surface area (Å²) >= 11 is 0. The summed E-state index contributed by atoms with van der Waals surface area (Å²) in [6.07, 6.45) is 9.09. The zero-order valence-electron chi connectivity index (χ0n) is 7.90. The van der Waals surface area contributed by atoms with E-state index in [2.05, 4.69) is 13.8 Å². The Morgan fingerprint density at radius 3 is 2.00 bits per heavy atom. The number of hydrogen-bond acceptors (Lipinski definition) is 0. The molecule has 0 unspecified atom stereocenters. The first kappa shape index (κ1) is 7.64. The van der Waals surface area contributed by atoms with Gasteiger partial charge in [0.1, 0.15) is 0 Å². The van der Waals surface area contributed by atoms with Crippen molar-refractivity contribution >= 4 is 0 Å². The van der Waals surface area contributed by atoms with Gasteiger partial charge in [-0.3, -0.25) is 0 Å². The SMILES string of the molecule is CC1CCC(C2(C)CC2)CC1. The Balaban J connectivity index is 1.87. The largest absolute Gasteiger partial charge is 0.0625 e. The van der Waals surface area contributed by atoms with E-state index in [1.807, 2.05) is 0 Å². The van der Waals surface area contributed by atoms with Crippen molar-refractivity contribution in [2.45, 2.75) is 52.4 Å². The molecule has 0 aromatic carbocycles. The van der Waals surface area contributed by atoms with Gasteiger partial charge in [-0.05, 0) is 42.9 Å². The van der Waals surface area contributed by atoms with Crippen LogP contribution in [-0.2, 0) is 0 Å². The summed E-state index contributed by atoms with van der Waals surface area (Å²) in [5.41, 5.74) is 0.806. The zero-order valence-corrected chi connectivity index (χ0v) is 7.90. The van der Waals surface area contributed by atoms with Crippen molar-refractivity contribution in [3.05, 3.63) is 0 Å². The lowest BCUT2D eigenvalue weighted by molar-refractivity contribution is 0.208. The molecule has 0 atom stereocenters. The predicted molar refractivity (Wildman–Crippen MR) is 48.5 cm³/mol. The molecule has 0 radical (unpaired) electrons. The van der Waals surface area contributed by atoms with E-state index in [0.717, 1.165) is 17.3 Å². The van der Waals surface area contributed by atoms with Crippen molar-refractivity contribution < 1.29 is 0 Å². The van der Waals surface area contributed by atoms with Crippen molar-refractivity contribution in [3.8, 4) is 0 Å². The summed E-state index contributed by atoms with van der Waals surface area (Å²) in [4.78, 5) is 0.